The van der Waals surface area contributed by atoms with Crippen molar-refractivity contribution in [3.05, 3.63) is 11.6 Å². The van der Waals surface area contributed by atoms with Crippen molar-refractivity contribution < 1.29 is 35.5 Å². The van der Waals surface area contributed by atoms with Crippen LogP contribution in [0.15, 0.2) is 11.6 Å². The van der Waals surface area contributed by atoms with Crippen molar-refractivity contribution in [3.63, 3.8) is 0 Å². The van der Waals surface area contributed by atoms with Crippen LogP contribution in [0.2, 0.25) is 0 Å². The summed E-state index contributed by atoms with van der Waals surface area (Å²) in [6.07, 6.45) is 8.90. The number of carbonyl (C=O) groups is 2. The van der Waals surface area contributed by atoms with E-state index in [2.05, 4.69) is 24.1 Å². The molecule has 0 radical (unpaired) electrons. The van der Waals surface area contributed by atoms with Gasteiger partial charge in [0.25, 0.3) is 0 Å². The van der Waals surface area contributed by atoms with Crippen LogP contribution in [0, 0.1) is 22.7 Å². The van der Waals surface area contributed by atoms with Crippen molar-refractivity contribution in [1.29, 1.82) is 0 Å². The van der Waals surface area contributed by atoms with Crippen molar-refractivity contribution in [2.45, 2.75) is 70.9 Å². The number of carbonyl (C=O) groups excluding carboxylic acids is 2. The van der Waals surface area contributed by atoms with Crippen LogP contribution in [0.1, 0.15) is 58.8 Å². The predicted octanol–water partition coefficient (Wildman–Crippen LogP) is 0.0583. The molecule has 0 saturated heterocycles. The second kappa shape index (κ2) is 6.87. The first-order chi connectivity index (χ1) is 12.4. The first-order valence-electron chi connectivity index (χ1n) is 9.99. The van der Waals surface area contributed by atoms with Gasteiger partial charge in [-0.1, -0.05) is 0 Å². The van der Waals surface area contributed by atoms with E-state index in [0.717, 1.165) is 43.1 Å². The molecule has 4 aliphatic rings. The maximum atomic E-state index is 12.7. The van der Waals surface area contributed by atoms with Gasteiger partial charge in [-0.3, -0.25) is 0 Å². The molecular weight excluding hydrogens is 441 g/mol. The van der Waals surface area contributed by atoms with Gasteiger partial charge in [-0.15, -0.1) is 0 Å². The van der Waals surface area contributed by atoms with Gasteiger partial charge in [0.1, 0.15) is 0 Å². The van der Waals surface area contributed by atoms with Crippen molar-refractivity contribution in [1.82, 2.24) is 5.32 Å². The molecule has 0 unspecified atom stereocenters. The number of ether oxygens (including phenoxy) is 1. The molecule has 3 saturated carbocycles. The van der Waals surface area contributed by atoms with Crippen LogP contribution in [0.5, 0.6) is 0 Å². The number of alkyl halides is 2. The standard InChI is InChI=1S/C21H31INO3/c1-20-8-6-14(26-12-22-3)10-13(20)11-18(25)23-19-15-4-5-17(24)21(15,2)9-7-16(19)20/h11,14-16,19H,4-10,12H2,1-3H3,(H,23,25)/q-1/t14-,15-,16-,19-,20-,21-/m0/s1. The summed E-state index contributed by atoms with van der Waals surface area (Å²) in [4.78, 5) is 27.5. The Hall–Kier alpha value is -0.430. The first kappa shape index (κ1) is 18.9. The van der Waals surface area contributed by atoms with Crippen molar-refractivity contribution in [2.75, 3.05) is 9.54 Å². The van der Waals surface area contributed by atoms with Crippen LogP contribution in [0.3, 0.4) is 0 Å². The summed E-state index contributed by atoms with van der Waals surface area (Å²) in [5.41, 5.74) is 1.14. The van der Waals surface area contributed by atoms with Crippen molar-refractivity contribution in [2.24, 2.45) is 22.7 Å². The third-order valence-corrected chi connectivity index (χ3v) is 8.97. The van der Waals surface area contributed by atoms with E-state index in [9.17, 15) is 9.59 Å². The summed E-state index contributed by atoms with van der Waals surface area (Å²) in [7, 11) is 0. The van der Waals surface area contributed by atoms with Gasteiger partial charge in [0.05, 0.1) is 0 Å². The van der Waals surface area contributed by atoms with Crippen LogP contribution >= 0.6 is 0 Å². The van der Waals surface area contributed by atoms with Gasteiger partial charge in [-0.25, -0.2) is 0 Å². The Balaban J connectivity index is 1.63. The van der Waals surface area contributed by atoms with Gasteiger partial charge in [-0.05, 0) is 0 Å². The number of Topliss-reactive ketones (excluding diaryl/α,β-unsaturated/α-hetero) is 1. The number of ketones is 1. The molecule has 1 amide bonds. The zero-order valence-electron chi connectivity index (χ0n) is 16.1. The summed E-state index contributed by atoms with van der Waals surface area (Å²) in [6.45, 7) is 4.52. The predicted molar refractivity (Wildman–Crippen MR) is 96.2 cm³/mol. The van der Waals surface area contributed by atoms with E-state index < -0.39 is 0 Å². The number of amides is 1. The van der Waals surface area contributed by atoms with Gasteiger partial charge in [0.2, 0.25) is 0 Å². The van der Waals surface area contributed by atoms with E-state index in [1.807, 2.05) is 6.08 Å². The number of nitrogens with one attached hydrogen (secondary N) is 1. The van der Waals surface area contributed by atoms with Gasteiger partial charge in [0, 0.05) is 0 Å². The molecular formula is C21H31INO3-. The topological polar surface area (TPSA) is 55.4 Å². The Morgan fingerprint density at radius 3 is 2.65 bits per heavy atom. The van der Waals surface area contributed by atoms with Gasteiger partial charge in [0.15, 0.2) is 0 Å². The summed E-state index contributed by atoms with van der Waals surface area (Å²) >= 11 is 0.150. The minimum atomic E-state index is -0.222. The Kier molecular flexibility index (Phi) is 5.00. The Bertz CT molecular complexity index is 647. The van der Waals surface area contributed by atoms with Gasteiger partial charge >= 0.3 is 167 Å². The molecule has 4 rings (SSSR count). The molecule has 5 heteroatoms. The van der Waals surface area contributed by atoms with Crippen LogP contribution < -0.4 is 26.5 Å². The number of rotatable bonds is 3. The second-order valence-electron chi connectivity index (χ2n) is 9.16. The molecule has 6 atom stereocenters. The molecule has 1 N–H and O–H groups in total. The molecule has 1 heterocycles. The molecule has 0 spiro atoms. The number of halogens is 1. The van der Waals surface area contributed by atoms with Gasteiger partial charge < -0.3 is 0 Å². The number of hydrogen-bond donors (Lipinski definition) is 1. The van der Waals surface area contributed by atoms with E-state index >= 15 is 0 Å². The SMILES string of the molecule is C[I-]CO[C@H]1CC[C@@]2(C)C(=CC(=O)N[C@@H]3[C@@H]2CC[C@]2(C)C(=O)CC[C@@H]32)C1. The number of hydrogen-bond acceptors (Lipinski definition) is 3. The fourth-order valence-electron chi connectivity index (χ4n) is 6.34. The fourth-order valence-corrected chi connectivity index (χ4v) is 7.21. The zero-order chi connectivity index (χ0) is 18.5. The zero-order valence-corrected chi connectivity index (χ0v) is 18.3. The molecule has 0 aromatic heterocycles. The monoisotopic (exact) mass is 472 g/mol. The number of fused-ring (bicyclic) bond motifs is 5. The van der Waals surface area contributed by atoms with Crippen LogP contribution in [-0.2, 0) is 14.3 Å². The van der Waals surface area contributed by atoms with Crippen molar-refractivity contribution in [3.8, 4) is 0 Å². The Morgan fingerprint density at radius 1 is 1.15 bits per heavy atom. The molecule has 3 fully saturated rings. The fraction of sp³-hybridized carbons (Fsp3) is 0.810. The maximum absolute atomic E-state index is 12.7. The third kappa shape index (κ3) is 2.88. The molecule has 146 valence electrons. The molecule has 0 aromatic rings. The molecule has 3 aliphatic carbocycles. The van der Waals surface area contributed by atoms with E-state index in [1.165, 1.54) is 5.57 Å². The molecule has 0 bridgehead atoms. The van der Waals surface area contributed by atoms with Gasteiger partial charge in [-0.2, -0.15) is 0 Å². The van der Waals surface area contributed by atoms with E-state index in [4.69, 9.17) is 4.74 Å². The summed E-state index contributed by atoms with van der Waals surface area (Å²) in [5, 5.41) is 3.33. The quantitative estimate of drug-likeness (QED) is 0.467. The van der Waals surface area contributed by atoms with Crippen molar-refractivity contribution >= 4 is 11.7 Å². The van der Waals surface area contributed by atoms with E-state index in [0.29, 0.717) is 24.0 Å². The normalized spacial score (nSPS) is 45.3. The Morgan fingerprint density at radius 2 is 1.88 bits per heavy atom. The summed E-state index contributed by atoms with van der Waals surface area (Å²) < 4.78 is 6.98. The van der Waals surface area contributed by atoms with Crippen LogP contribution in [-0.4, -0.2) is 33.4 Å². The molecule has 0 aromatic carbocycles. The van der Waals surface area contributed by atoms with Crippen LogP contribution in [0.4, 0.5) is 0 Å². The van der Waals surface area contributed by atoms with Crippen LogP contribution in [0.25, 0.3) is 0 Å². The first-order valence-corrected chi connectivity index (χ1v) is 13.7. The van der Waals surface area contributed by atoms with E-state index in [-0.39, 0.29) is 50.1 Å². The van der Waals surface area contributed by atoms with E-state index in [1.54, 1.807) is 0 Å². The third-order valence-electron chi connectivity index (χ3n) is 7.99. The molecule has 4 nitrogen and oxygen atoms in total. The molecule has 26 heavy (non-hydrogen) atoms. The minimum absolute atomic E-state index is 0.0471. The molecule has 1 aliphatic heterocycles. The second-order valence-corrected chi connectivity index (χ2v) is 11.3. The Labute approximate surface area is 167 Å². The summed E-state index contributed by atoms with van der Waals surface area (Å²) in [5.74, 6) is 1.22. The average Bonchev–Trinajstić information content (AvgIpc) is 2.85. The average molecular weight is 472 g/mol. The summed E-state index contributed by atoms with van der Waals surface area (Å²) in [6, 6.07) is 0.144.